The van der Waals surface area contributed by atoms with E-state index in [1.54, 1.807) is 13.8 Å². The predicted octanol–water partition coefficient (Wildman–Crippen LogP) is 0.813. The summed E-state index contributed by atoms with van der Waals surface area (Å²) in [6.45, 7) is 2.84. The molecule has 118 valence electrons. The predicted molar refractivity (Wildman–Crippen MR) is 76.8 cm³/mol. The number of amides is 2. The second-order valence-corrected chi connectivity index (χ2v) is 4.78. The lowest BCUT2D eigenvalue weighted by Crippen LogP contribution is -2.46. The van der Waals surface area contributed by atoms with Gasteiger partial charge in [0.25, 0.3) is 0 Å². The molecule has 0 atom stereocenters. The van der Waals surface area contributed by atoms with E-state index in [0.29, 0.717) is 5.56 Å². The molecule has 1 aromatic rings. The van der Waals surface area contributed by atoms with Gasteiger partial charge >= 0.3 is 0 Å². The Balaban J connectivity index is 0.00000400. The first-order valence-corrected chi connectivity index (χ1v) is 5.99. The molecule has 8 heteroatoms. The highest BCUT2D eigenvalue weighted by molar-refractivity contribution is 5.86. The van der Waals surface area contributed by atoms with E-state index in [1.807, 2.05) is 0 Å². The molecular weight excluding hydrogens is 304 g/mol. The molecule has 4 N–H and O–H groups in total. The monoisotopic (exact) mass is 321 g/mol. The number of hydrogen-bond acceptors (Lipinski definition) is 3. The number of nitrogens with two attached hydrogens (primary N) is 1. The molecule has 0 aliphatic heterocycles. The van der Waals surface area contributed by atoms with Crippen molar-refractivity contribution in [3.63, 3.8) is 0 Å². The minimum Gasteiger partial charge on any atom is -0.346 e. The molecule has 0 bridgehead atoms. The fourth-order valence-corrected chi connectivity index (χ4v) is 1.60. The highest BCUT2D eigenvalue weighted by Crippen LogP contribution is 2.21. The van der Waals surface area contributed by atoms with Gasteiger partial charge in [-0.1, -0.05) is 6.07 Å². The zero-order valence-electron chi connectivity index (χ0n) is 11.7. The molecule has 0 heterocycles. The normalized spacial score (nSPS) is 10.5. The van der Waals surface area contributed by atoms with Gasteiger partial charge < -0.3 is 16.4 Å². The van der Waals surface area contributed by atoms with Crippen LogP contribution in [-0.4, -0.2) is 24.9 Å². The minimum atomic E-state index is -0.985. The van der Waals surface area contributed by atoms with Gasteiger partial charge in [0.05, 0.1) is 18.6 Å². The van der Waals surface area contributed by atoms with E-state index >= 15 is 0 Å². The number of nitrogens with one attached hydrogen (secondary N) is 2. The maximum atomic E-state index is 13.2. The Labute approximate surface area is 127 Å². The van der Waals surface area contributed by atoms with Crippen LogP contribution in [0, 0.1) is 11.6 Å². The van der Waals surface area contributed by atoms with E-state index < -0.39 is 29.0 Å². The maximum Gasteiger partial charge on any atom is 0.240 e. The van der Waals surface area contributed by atoms with Crippen molar-refractivity contribution in [1.29, 1.82) is 0 Å². The van der Waals surface area contributed by atoms with Crippen LogP contribution in [0.25, 0.3) is 0 Å². The van der Waals surface area contributed by atoms with Crippen LogP contribution in [0.3, 0.4) is 0 Å². The molecule has 0 saturated heterocycles. The fraction of sp³-hybridized carbons (Fsp3) is 0.385. The summed E-state index contributed by atoms with van der Waals surface area (Å²) in [5, 5.41) is 4.93. The summed E-state index contributed by atoms with van der Waals surface area (Å²) >= 11 is 0. The van der Waals surface area contributed by atoms with E-state index in [1.165, 1.54) is 6.07 Å². The van der Waals surface area contributed by atoms with E-state index in [0.717, 1.165) is 12.1 Å². The van der Waals surface area contributed by atoms with Crippen molar-refractivity contribution in [3.8, 4) is 0 Å². The van der Waals surface area contributed by atoms with Crippen LogP contribution in [0.15, 0.2) is 18.2 Å². The van der Waals surface area contributed by atoms with Crippen molar-refractivity contribution in [2.24, 2.45) is 5.73 Å². The lowest BCUT2D eigenvalue weighted by Gasteiger charge is -2.27. The number of halogens is 3. The van der Waals surface area contributed by atoms with Crippen LogP contribution in [0.2, 0.25) is 0 Å². The average Bonchev–Trinajstić information content (AvgIpc) is 2.38. The van der Waals surface area contributed by atoms with E-state index in [2.05, 4.69) is 10.6 Å². The van der Waals surface area contributed by atoms with Crippen LogP contribution in [0.1, 0.15) is 19.4 Å². The molecule has 2 amide bonds. The highest BCUT2D eigenvalue weighted by atomic mass is 35.5. The van der Waals surface area contributed by atoms with Gasteiger partial charge in [-0.15, -0.1) is 12.4 Å². The first-order chi connectivity index (χ1) is 9.26. The Morgan fingerprint density at radius 2 is 1.81 bits per heavy atom. The third-order valence-electron chi connectivity index (χ3n) is 2.72. The maximum absolute atomic E-state index is 13.2. The Hall–Kier alpha value is -1.73. The molecule has 0 fully saturated rings. The van der Waals surface area contributed by atoms with E-state index in [-0.39, 0.29) is 25.5 Å². The van der Waals surface area contributed by atoms with Gasteiger partial charge in [-0.3, -0.25) is 9.59 Å². The number of benzene rings is 1. The summed E-state index contributed by atoms with van der Waals surface area (Å²) in [6.07, 6.45) is 0. The van der Waals surface area contributed by atoms with Gasteiger partial charge in [-0.05, 0) is 31.5 Å². The van der Waals surface area contributed by atoms with Gasteiger partial charge in [0.1, 0.15) is 0 Å². The summed E-state index contributed by atoms with van der Waals surface area (Å²) in [5.74, 6) is -2.85. The van der Waals surface area contributed by atoms with E-state index in [4.69, 9.17) is 5.73 Å². The van der Waals surface area contributed by atoms with Crippen LogP contribution in [-0.2, 0) is 15.1 Å². The minimum absolute atomic E-state index is 0. The molecule has 0 unspecified atom stereocenters. The second-order valence-electron chi connectivity index (χ2n) is 4.78. The molecule has 0 spiro atoms. The zero-order chi connectivity index (χ0) is 15.3. The first-order valence-electron chi connectivity index (χ1n) is 5.99. The fourth-order valence-electron chi connectivity index (χ4n) is 1.60. The molecule has 0 aliphatic carbocycles. The second kappa shape index (κ2) is 7.90. The van der Waals surface area contributed by atoms with Crippen LogP contribution in [0.4, 0.5) is 8.78 Å². The van der Waals surface area contributed by atoms with Crippen molar-refractivity contribution in [2.45, 2.75) is 19.4 Å². The number of carbonyl (C=O) groups is 2. The molecule has 0 saturated carbocycles. The van der Waals surface area contributed by atoms with Gasteiger partial charge in [0, 0.05) is 0 Å². The van der Waals surface area contributed by atoms with Crippen molar-refractivity contribution in [2.75, 3.05) is 13.1 Å². The molecule has 1 rings (SSSR count). The molecule has 21 heavy (non-hydrogen) atoms. The molecular formula is C13H18ClF2N3O2. The van der Waals surface area contributed by atoms with Gasteiger partial charge in [0.15, 0.2) is 11.6 Å². The lowest BCUT2D eigenvalue weighted by atomic mass is 9.94. The van der Waals surface area contributed by atoms with Crippen molar-refractivity contribution in [3.05, 3.63) is 35.4 Å². The molecule has 0 aliphatic rings. The summed E-state index contributed by atoms with van der Waals surface area (Å²) in [5.41, 5.74) is 4.59. The van der Waals surface area contributed by atoms with Gasteiger partial charge in [-0.25, -0.2) is 8.78 Å². The number of rotatable bonds is 5. The third-order valence-corrected chi connectivity index (χ3v) is 2.72. The molecule has 5 nitrogen and oxygen atoms in total. The third kappa shape index (κ3) is 5.65. The Morgan fingerprint density at radius 1 is 1.19 bits per heavy atom. The van der Waals surface area contributed by atoms with E-state index in [9.17, 15) is 18.4 Å². The van der Waals surface area contributed by atoms with Crippen LogP contribution < -0.4 is 16.4 Å². The first kappa shape index (κ1) is 19.3. The Bertz CT molecular complexity index is 524. The molecule has 0 radical (unpaired) electrons. The Kier molecular flexibility index (Phi) is 7.25. The van der Waals surface area contributed by atoms with Crippen LogP contribution >= 0.6 is 12.4 Å². The smallest absolute Gasteiger partial charge is 0.240 e. The van der Waals surface area contributed by atoms with Crippen molar-refractivity contribution in [1.82, 2.24) is 10.6 Å². The summed E-state index contributed by atoms with van der Waals surface area (Å²) in [6, 6.07) is 3.40. The van der Waals surface area contributed by atoms with Gasteiger partial charge in [0.2, 0.25) is 11.8 Å². The number of carbonyl (C=O) groups excluding carboxylic acids is 2. The summed E-state index contributed by atoms with van der Waals surface area (Å²) in [7, 11) is 0. The highest BCUT2D eigenvalue weighted by Gasteiger charge is 2.24. The quantitative estimate of drug-likeness (QED) is 0.750. The largest absolute Gasteiger partial charge is 0.346 e. The Morgan fingerprint density at radius 3 is 2.33 bits per heavy atom. The lowest BCUT2D eigenvalue weighted by molar-refractivity contribution is -0.126. The number of hydrogen-bond donors (Lipinski definition) is 3. The SMILES string of the molecule is CC(C)(NC(=O)CNC(=O)CN)c1ccc(F)c(F)c1.Cl. The molecule has 0 aromatic heterocycles. The molecule has 1 aromatic carbocycles. The standard InChI is InChI=1S/C13H17F2N3O2.ClH/c1-13(2,8-3-4-9(14)10(15)5-8)18-12(20)7-17-11(19)6-16;/h3-5H,6-7,16H2,1-2H3,(H,17,19)(H,18,20);1H. The summed E-state index contributed by atoms with van der Waals surface area (Å²) in [4.78, 5) is 22.6. The zero-order valence-corrected chi connectivity index (χ0v) is 12.5. The summed E-state index contributed by atoms with van der Waals surface area (Å²) < 4.78 is 26.1. The topological polar surface area (TPSA) is 84.2 Å². The van der Waals surface area contributed by atoms with Crippen molar-refractivity contribution >= 4 is 24.2 Å². The van der Waals surface area contributed by atoms with Gasteiger partial charge in [-0.2, -0.15) is 0 Å². The van der Waals surface area contributed by atoms with Crippen molar-refractivity contribution < 1.29 is 18.4 Å². The van der Waals surface area contributed by atoms with Crippen LogP contribution in [0.5, 0.6) is 0 Å². The average molecular weight is 322 g/mol.